The average molecular weight is 277 g/mol. The summed E-state index contributed by atoms with van der Waals surface area (Å²) in [7, 11) is 1.87. The number of amides is 1. The van der Waals surface area contributed by atoms with Crippen molar-refractivity contribution in [2.24, 2.45) is 0 Å². The lowest BCUT2D eigenvalue weighted by Gasteiger charge is -2.19. The van der Waals surface area contributed by atoms with Gasteiger partial charge < -0.3 is 15.4 Å². The number of anilines is 1. The van der Waals surface area contributed by atoms with Crippen molar-refractivity contribution in [3.63, 3.8) is 0 Å². The van der Waals surface area contributed by atoms with E-state index in [-0.39, 0.29) is 5.91 Å². The normalized spacial score (nSPS) is 17.1. The summed E-state index contributed by atoms with van der Waals surface area (Å²) in [5.41, 5.74) is 6.36. The second kappa shape index (κ2) is 7.14. The highest BCUT2D eigenvalue weighted by molar-refractivity contribution is 5.78. The molecule has 0 aliphatic carbocycles. The molecule has 0 unspecified atom stereocenters. The van der Waals surface area contributed by atoms with E-state index in [2.05, 4.69) is 4.90 Å². The van der Waals surface area contributed by atoms with Crippen LogP contribution in [0.15, 0.2) is 24.3 Å². The molecule has 0 radical (unpaired) electrons. The molecule has 20 heavy (non-hydrogen) atoms. The van der Waals surface area contributed by atoms with Crippen molar-refractivity contribution in [2.75, 3.05) is 45.6 Å². The number of hydrogen-bond acceptors (Lipinski definition) is 4. The number of nitrogens with two attached hydrogens (primary N) is 1. The monoisotopic (exact) mass is 277 g/mol. The van der Waals surface area contributed by atoms with Crippen LogP contribution in [0.3, 0.4) is 0 Å². The Hall–Kier alpha value is -1.75. The Morgan fingerprint density at radius 1 is 1.25 bits per heavy atom. The van der Waals surface area contributed by atoms with Gasteiger partial charge >= 0.3 is 0 Å². The number of benzene rings is 1. The standard InChI is InChI=1S/C15H23N3O2/c1-17-8-2-9-18(12-15(17)19)10-3-11-20-14-6-4-13(16)5-7-14/h4-7H,2-3,8-12,16H2,1H3. The van der Waals surface area contributed by atoms with Crippen molar-refractivity contribution in [3.8, 4) is 5.75 Å². The van der Waals surface area contributed by atoms with Crippen LogP contribution < -0.4 is 10.5 Å². The molecule has 1 fully saturated rings. The molecule has 0 aromatic heterocycles. The molecule has 110 valence electrons. The minimum Gasteiger partial charge on any atom is -0.494 e. The zero-order valence-electron chi connectivity index (χ0n) is 12.0. The van der Waals surface area contributed by atoms with E-state index >= 15 is 0 Å². The molecule has 2 N–H and O–H groups in total. The first-order valence-electron chi connectivity index (χ1n) is 7.10. The van der Waals surface area contributed by atoms with E-state index in [4.69, 9.17) is 10.5 Å². The number of carbonyl (C=O) groups excluding carboxylic acids is 1. The Morgan fingerprint density at radius 3 is 2.75 bits per heavy atom. The number of carbonyl (C=O) groups is 1. The van der Waals surface area contributed by atoms with Gasteiger partial charge in [0.15, 0.2) is 0 Å². The fourth-order valence-electron chi connectivity index (χ4n) is 2.28. The van der Waals surface area contributed by atoms with E-state index < -0.39 is 0 Å². The average Bonchev–Trinajstić information content (AvgIpc) is 2.59. The fourth-order valence-corrected chi connectivity index (χ4v) is 2.28. The van der Waals surface area contributed by atoms with Gasteiger partial charge in [-0.25, -0.2) is 0 Å². The number of ether oxygens (including phenoxy) is 1. The van der Waals surface area contributed by atoms with Gasteiger partial charge in [-0.2, -0.15) is 0 Å². The Labute approximate surface area is 120 Å². The van der Waals surface area contributed by atoms with E-state index in [0.29, 0.717) is 13.2 Å². The summed E-state index contributed by atoms with van der Waals surface area (Å²) in [6.45, 7) is 3.92. The first kappa shape index (κ1) is 14.7. The highest BCUT2D eigenvalue weighted by Crippen LogP contribution is 2.13. The highest BCUT2D eigenvalue weighted by Gasteiger charge is 2.18. The number of rotatable bonds is 5. The van der Waals surface area contributed by atoms with E-state index in [9.17, 15) is 4.79 Å². The zero-order chi connectivity index (χ0) is 14.4. The lowest BCUT2D eigenvalue weighted by atomic mass is 10.3. The van der Waals surface area contributed by atoms with Crippen molar-refractivity contribution in [2.45, 2.75) is 12.8 Å². The maximum absolute atomic E-state index is 11.8. The Balaban J connectivity index is 1.67. The third-order valence-electron chi connectivity index (χ3n) is 3.52. The number of hydrogen-bond donors (Lipinski definition) is 1. The Bertz CT molecular complexity index is 433. The minimum absolute atomic E-state index is 0.210. The van der Waals surface area contributed by atoms with Crippen LogP contribution in [0.25, 0.3) is 0 Å². The summed E-state index contributed by atoms with van der Waals surface area (Å²) in [5, 5.41) is 0. The van der Waals surface area contributed by atoms with Crippen LogP contribution >= 0.6 is 0 Å². The molecule has 5 nitrogen and oxygen atoms in total. The molecule has 1 aromatic rings. The van der Waals surface area contributed by atoms with Crippen molar-refractivity contribution < 1.29 is 9.53 Å². The van der Waals surface area contributed by atoms with Gasteiger partial charge in [0.05, 0.1) is 13.2 Å². The second-order valence-electron chi connectivity index (χ2n) is 5.22. The Morgan fingerprint density at radius 2 is 2.00 bits per heavy atom. The first-order valence-corrected chi connectivity index (χ1v) is 7.10. The van der Waals surface area contributed by atoms with Crippen molar-refractivity contribution >= 4 is 11.6 Å². The maximum atomic E-state index is 11.8. The number of nitrogens with zero attached hydrogens (tertiary/aromatic N) is 2. The van der Waals surface area contributed by atoms with Crippen LogP contribution in [-0.2, 0) is 4.79 Å². The number of nitrogen functional groups attached to an aromatic ring is 1. The highest BCUT2D eigenvalue weighted by atomic mass is 16.5. The van der Waals surface area contributed by atoms with Crippen molar-refractivity contribution in [1.29, 1.82) is 0 Å². The smallest absolute Gasteiger partial charge is 0.236 e. The van der Waals surface area contributed by atoms with Gasteiger partial charge in [0, 0.05) is 32.4 Å². The quantitative estimate of drug-likeness (QED) is 0.649. The molecule has 0 spiro atoms. The van der Waals surface area contributed by atoms with Crippen LogP contribution in [0.5, 0.6) is 5.75 Å². The zero-order valence-corrected chi connectivity index (χ0v) is 12.0. The second-order valence-corrected chi connectivity index (χ2v) is 5.22. The van der Waals surface area contributed by atoms with Crippen molar-refractivity contribution in [1.82, 2.24) is 9.80 Å². The summed E-state index contributed by atoms with van der Waals surface area (Å²) >= 11 is 0. The molecular formula is C15H23N3O2. The molecule has 1 aromatic carbocycles. The van der Waals surface area contributed by atoms with Crippen LogP contribution in [0.2, 0.25) is 0 Å². The predicted octanol–water partition coefficient (Wildman–Crippen LogP) is 1.20. The lowest BCUT2D eigenvalue weighted by molar-refractivity contribution is -0.129. The van der Waals surface area contributed by atoms with Gasteiger partial charge in [0.2, 0.25) is 5.91 Å². The molecule has 0 saturated carbocycles. The van der Waals surface area contributed by atoms with Crippen LogP contribution in [0.4, 0.5) is 5.69 Å². The van der Waals surface area contributed by atoms with Crippen LogP contribution in [-0.4, -0.2) is 55.5 Å². The minimum atomic E-state index is 0.210. The first-order chi connectivity index (χ1) is 9.65. The molecule has 0 bridgehead atoms. The van der Waals surface area contributed by atoms with Crippen molar-refractivity contribution in [3.05, 3.63) is 24.3 Å². The van der Waals surface area contributed by atoms with Crippen LogP contribution in [0.1, 0.15) is 12.8 Å². The van der Waals surface area contributed by atoms with E-state index in [1.54, 1.807) is 0 Å². The Kier molecular flexibility index (Phi) is 5.24. The lowest BCUT2D eigenvalue weighted by Crippen LogP contribution is -2.35. The molecule has 1 saturated heterocycles. The number of likely N-dealkylation sites (N-methyl/N-ethyl adjacent to an activating group) is 1. The van der Waals surface area contributed by atoms with E-state index in [1.807, 2.05) is 36.2 Å². The molecule has 0 atom stereocenters. The largest absolute Gasteiger partial charge is 0.494 e. The van der Waals surface area contributed by atoms with Gasteiger partial charge in [-0.15, -0.1) is 0 Å². The maximum Gasteiger partial charge on any atom is 0.236 e. The molecule has 2 rings (SSSR count). The fraction of sp³-hybridized carbons (Fsp3) is 0.533. The SMILES string of the molecule is CN1CCCN(CCCOc2ccc(N)cc2)CC1=O. The van der Waals surface area contributed by atoms with Gasteiger partial charge in [0.25, 0.3) is 0 Å². The summed E-state index contributed by atoms with van der Waals surface area (Å²) in [5.74, 6) is 1.05. The van der Waals surface area contributed by atoms with Gasteiger partial charge in [-0.3, -0.25) is 9.69 Å². The molecular weight excluding hydrogens is 254 g/mol. The van der Waals surface area contributed by atoms with Gasteiger partial charge in [-0.1, -0.05) is 0 Å². The summed E-state index contributed by atoms with van der Waals surface area (Å²) in [6.07, 6.45) is 1.96. The summed E-state index contributed by atoms with van der Waals surface area (Å²) < 4.78 is 5.65. The van der Waals surface area contributed by atoms with Gasteiger partial charge in [0.1, 0.15) is 5.75 Å². The van der Waals surface area contributed by atoms with Crippen LogP contribution in [0, 0.1) is 0 Å². The van der Waals surface area contributed by atoms with E-state index in [1.165, 1.54) is 0 Å². The molecule has 1 heterocycles. The topological polar surface area (TPSA) is 58.8 Å². The third kappa shape index (κ3) is 4.42. The van der Waals surface area contributed by atoms with Gasteiger partial charge in [-0.05, 0) is 37.1 Å². The summed E-state index contributed by atoms with van der Waals surface area (Å²) in [4.78, 5) is 15.8. The molecule has 5 heteroatoms. The predicted molar refractivity (Wildman–Crippen MR) is 79.7 cm³/mol. The molecule has 1 aliphatic heterocycles. The molecule has 1 aliphatic rings. The van der Waals surface area contributed by atoms with E-state index in [0.717, 1.165) is 43.9 Å². The summed E-state index contributed by atoms with van der Waals surface area (Å²) in [6, 6.07) is 7.41. The molecule has 1 amide bonds. The third-order valence-corrected chi connectivity index (χ3v) is 3.52.